The Morgan fingerprint density at radius 2 is 2.12 bits per heavy atom. The maximum Gasteiger partial charge on any atom is 0.251 e. The van der Waals surface area contributed by atoms with Gasteiger partial charge in [0.05, 0.1) is 12.5 Å². The Morgan fingerprint density at radius 1 is 1.28 bits per heavy atom. The van der Waals surface area contributed by atoms with Crippen LogP contribution >= 0.6 is 0 Å². The van der Waals surface area contributed by atoms with Gasteiger partial charge in [0.25, 0.3) is 5.91 Å². The first-order valence-corrected chi connectivity index (χ1v) is 9.35. The summed E-state index contributed by atoms with van der Waals surface area (Å²) >= 11 is 0. The molecule has 0 N–H and O–H groups in total. The molecule has 4 rings (SSSR count). The lowest BCUT2D eigenvalue weighted by Crippen LogP contribution is -2.53. The van der Waals surface area contributed by atoms with Gasteiger partial charge in [-0.15, -0.1) is 0 Å². The van der Waals surface area contributed by atoms with Crippen LogP contribution in [0.25, 0.3) is 0 Å². The Bertz CT molecular complexity index is 613. The van der Waals surface area contributed by atoms with E-state index in [1.54, 1.807) is 12.5 Å². The molecule has 1 aromatic heterocycles. The highest BCUT2D eigenvalue weighted by molar-refractivity contribution is 5.81. The standard InChI is InChI=1S/C19H26N2O4/c22-17-3-5-19(14-21(17)12-15-4-11-24-13-15)6-8-20(9-7-19)18(23)16-2-1-10-25-16/h4,11,13,16H,1-3,5-10,12,14H2/t16-/m0/s1. The van der Waals surface area contributed by atoms with Crippen LogP contribution in [-0.4, -0.2) is 54.0 Å². The molecule has 4 heterocycles. The van der Waals surface area contributed by atoms with E-state index in [0.29, 0.717) is 19.6 Å². The summed E-state index contributed by atoms with van der Waals surface area (Å²) in [7, 11) is 0. The molecule has 2 amide bonds. The maximum absolute atomic E-state index is 12.5. The first-order chi connectivity index (χ1) is 12.2. The summed E-state index contributed by atoms with van der Waals surface area (Å²) in [6, 6.07) is 1.91. The van der Waals surface area contributed by atoms with Crippen molar-refractivity contribution in [2.45, 2.75) is 51.2 Å². The second-order valence-corrected chi connectivity index (χ2v) is 7.71. The molecule has 3 aliphatic rings. The lowest BCUT2D eigenvalue weighted by molar-refractivity contribution is -0.147. The molecule has 6 nitrogen and oxygen atoms in total. The first-order valence-electron chi connectivity index (χ1n) is 9.35. The first kappa shape index (κ1) is 16.6. The molecule has 0 aliphatic carbocycles. The molecule has 0 saturated carbocycles. The number of furan rings is 1. The molecular formula is C19H26N2O4. The molecule has 136 valence electrons. The summed E-state index contributed by atoms with van der Waals surface area (Å²) in [5, 5.41) is 0. The van der Waals surface area contributed by atoms with Crippen molar-refractivity contribution in [2.75, 3.05) is 26.2 Å². The Labute approximate surface area is 148 Å². The Kier molecular flexibility index (Phi) is 4.54. The van der Waals surface area contributed by atoms with E-state index in [-0.39, 0.29) is 23.3 Å². The average Bonchev–Trinajstić information content (AvgIpc) is 3.32. The van der Waals surface area contributed by atoms with Crippen LogP contribution in [0.1, 0.15) is 44.1 Å². The van der Waals surface area contributed by atoms with Crippen molar-refractivity contribution >= 4 is 11.8 Å². The Morgan fingerprint density at radius 3 is 2.80 bits per heavy atom. The van der Waals surface area contributed by atoms with E-state index < -0.39 is 0 Å². The van der Waals surface area contributed by atoms with Gasteiger partial charge < -0.3 is 19.0 Å². The number of hydrogen-bond acceptors (Lipinski definition) is 4. The van der Waals surface area contributed by atoms with E-state index in [9.17, 15) is 9.59 Å². The van der Waals surface area contributed by atoms with Crippen molar-refractivity contribution < 1.29 is 18.7 Å². The number of nitrogens with zero attached hydrogens (tertiary/aromatic N) is 2. The summed E-state index contributed by atoms with van der Waals surface area (Å²) in [6.45, 7) is 3.69. The largest absolute Gasteiger partial charge is 0.472 e. The molecule has 6 heteroatoms. The summed E-state index contributed by atoms with van der Waals surface area (Å²) < 4.78 is 10.7. The van der Waals surface area contributed by atoms with Gasteiger partial charge in [-0.25, -0.2) is 0 Å². The fourth-order valence-electron chi connectivity index (χ4n) is 4.44. The molecule has 0 radical (unpaired) electrons. The Hall–Kier alpha value is -1.82. The van der Waals surface area contributed by atoms with Crippen LogP contribution in [0.4, 0.5) is 0 Å². The lowest BCUT2D eigenvalue weighted by atomic mass is 9.72. The highest BCUT2D eigenvalue weighted by Gasteiger charge is 2.42. The smallest absolute Gasteiger partial charge is 0.251 e. The van der Waals surface area contributed by atoms with Crippen LogP contribution in [0.15, 0.2) is 23.0 Å². The van der Waals surface area contributed by atoms with Gasteiger partial charge in [-0.1, -0.05) is 0 Å². The number of piperidine rings is 2. The predicted octanol–water partition coefficient (Wildman–Crippen LogP) is 2.19. The van der Waals surface area contributed by atoms with Gasteiger partial charge in [-0.2, -0.15) is 0 Å². The fraction of sp³-hybridized carbons (Fsp3) is 0.684. The van der Waals surface area contributed by atoms with Crippen molar-refractivity contribution in [2.24, 2.45) is 5.41 Å². The molecule has 0 unspecified atom stereocenters. The molecule has 3 aliphatic heterocycles. The maximum atomic E-state index is 12.5. The molecule has 0 aromatic carbocycles. The fourth-order valence-corrected chi connectivity index (χ4v) is 4.44. The van der Waals surface area contributed by atoms with Crippen LogP contribution in [0.5, 0.6) is 0 Å². The quantitative estimate of drug-likeness (QED) is 0.842. The number of carbonyl (C=O) groups excluding carboxylic acids is 2. The van der Waals surface area contributed by atoms with Crippen molar-refractivity contribution in [3.63, 3.8) is 0 Å². The average molecular weight is 346 g/mol. The van der Waals surface area contributed by atoms with Crippen LogP contribution in [0.2, 0.25) is 0 Å². The second-order valence-electron chi connectivity index (χ2n) is 7.71. The van der Waals surface area contributed by atoms with Crippen molar-refractivity contribution in [1.29, 1.82) is 0 Å². The van der Waals surface area contributed by atoms with Crippen LogP contribution < -0.4 is 0 Å². The molecule has 1 spiro atoms. The van der Waals surface area contributed by atoms with Crippen LogP contribution in [-0.2, 0) is 20.9 Å². The van der Waals surface area contributed by atoms with Gasteiger partial charge >= 0.3 is 0 Å². The van der Waals surface area contributed by atoms with E-state index in [1.165, 1.54) is 0 Å². The molecule has 3 fully saturated rings. The summed E-state index contributed by atoms with van der Waals surface area (Å²) in [6.07, 6.45) is 8.47. The second kappa shape index (κ2) is 6.83. The zero-order valence-electron chi connectivity index (χ0n) is 14.6. The van der Waals surface area contributed by atoms with Crippen LogP contribution in [0.3, 0.4) is 0 Å². The molecular weight excluding hydrogens is 320 g/mol. The van der Waals surface area contributed by atoms with Crippen molar-refractivity contribution in [3.05, 3.63) is 24.2 Å². The number of carbonyl (C=O) groups is 2. The predicted molar refractivity (Wildman–Crippen MR) is 90.6 cm³/mol. The summed E-state index contributed by atoms with van der Waals surface area (Å²) in [4.78, 5) is 28.8. The molecule has 3 saturated heterocycles. The lowest BCUT2D eigenvalue weighted by Gasteiger charge is -2.47. The normalized spacial score (nSPS) is 26.4. The van der Waals surface area contributed by atoms with Gasteiger partial charge in [0.1, 0.15) is 6.10 Å². The number of hydrogen-bond donors (Lipinski definition) is 0. The summed E-state index contributed by atoms with van der Waals surface area (Å²) in [5.41, 5.74) is 1.20. The number of ether oxygens (including phenoxy) is 1. The number of amides is 2. The zero-order valence-corrected chi connectivity index (χ0v) is 14.6. The minimum absolute atomic E-state index is 0.158. The van der Waals surface area contributed by atoms with E-state index >= 15 is 0 Å². The highest BCUT2D eigenvalue weighted by atomic mass is 16.5. The zero-order chi connectivity index (χ0) is 17.3. The van der Waals surface area contributed by atoms with Gasteiger partial charge in [0.2, 0.25) is 5.91 Å². The van der Waals surface area contributed by atoms with Crippen molar-refractivity contribution in [3.8, 4) is 0 Å². The van der Waals surface area contributed by atoms with Gasteiger partial charge in [-0.05, 0) is 43.6 Å². The highest BCUT2D eigenvalue weighted by Crippen LogP contribution is 2.41. The van der Waals surface area contributed by atoms with E-state index in [1.807, 2.05) is 15.9 Å². The van der Waals surface area contributed by atoms with Crippen molar-refractivity contribution in [1.82, 2.24) is 9.80 Å². The third-order valence-electron chi connectivity index (χ3n) is 6.04. The van der Waals surface area contributed by atoms with Gasteiger partial charge in [-0.3, -0.25) is 9.59 Å². The SMILES string of the molecule is O=C1CCC2(CCN(C(=O)[C@@H]3CCCO3)CC2)CN1Cc1ccoc1. The minimum atomic E-state index is -0.223. The molecule has 0 bridgehead atoms. The molecule has 25 heavy (non-hydrogen) atoms. The molecule has 1 aromatic rings. The minimum Gasteiger partial charge on any atom is -0.472 e. The topological polar surface area (TPSA) is 63.0 Å². The van der Waals surface area contributed by atoms with Gasteiger partial charge in [0, 0.05) is 44.8 Å². The van der Waals surface area contributed by atoms with E-state index in [4.69, 9.17) is 9.15 Å². The van der Waals surface area contributed by atoms with E-state index in [2.05, 4.69) is 0 Å². The van der Waals surface area contributed by atoms with E-state index in [0.717, 1.165) is 57.3 Å². The third-order valence-corrected chi connectivity index (χ3v) is 6.04. The number of rotatable bonds is 3. The number of likely N-dealkylation sites (tertiary alicyclic amines) is 2. The van der Waals surface area contributed by atoms with Crippen LogP contribution in [0, 0.1) is 5.41 Å². The monoisotopic (exact) mass is 346 g/mol. The summed E-state index contributed by atoms with van der Waals surface area (Å²) in [5.74, 6) is 0.388. The molecule has 1 atom stereocenters. The van der Waals surface area contributed by atoms with Gasteiger partial charge in [0.15, 0.2) is 0 Å². The third kappa shape index (κ3) is 3.45. The Balaban J connectivity index is 1.36.